The zero-order valence-corrected chi connectivity index (χ0v) is 14.4. The first-order chi connectivity index (χ1) is 12.0. The summed E-state index contributed by atoms with van der Waals surface area (Å²) in [5.41, 5.74) is -3.12. The van der Waals surface area contributed by atoms with E-state index in [9.17, 15) is 35.2 Å². The zero-order chi connectivity index (χ0) is 19.4. The molecular weight excluding hydrogens is 344 g/mol. The Hall–Kier alpha value is -2.71. The average molecular weight is 362 g/mol. The molecule has 0 saturated heterocycles. The summed E-state index contributed by atoms with van der Waals surface area (Å²) in [5, 5.41) is 47.0. The second kappa shape index (κ2) is 5.65. The first kappa shape index (κ1) is 18.1. The molecule has 1 fully saturated rings. The molecule has 0 amide bonds. The Labute approximate surface area is 148 Å². The van der Waals surface area contributed by atoms with Gasteiger partial charge in [-0.25, -0.2) is 0 Å². The molecule has 0 aromatic heterocycles. The highest BCUT2D eigenvalue weighted by molar-refractivity contribution is 5.74. The van der Waals surface area contributed by atoms with Crippen molar-refractivity contribution in [2.24, 2.45) is 11.3 Å². The Morgan fingerprint density at radius 3 is 2.38 bits per heavy atom. The van der Waals surface area contributed by atoms with Crippen LogP contribution in [0, 0.1) is 31.6 Å². The van der Waals surface area contributed by atoms with Gasteiger partial charge in [0.25, 0.3) is 11.4 Å². The first-order valence-corrected chi connectivity index (χ1v) is 8.41. The van der Waals surface area contributed by atoms with Crippen molar-refractivity contribution < 1.29 is 24.9 Å². The lowest BCUT2D eigenvalue weighted by molar-refractivity contribution is -0.417. The van der Waals surface area contributed by atoms with Crippen molar-refractivity contribution in [2.45, 2.75) is 51.4 Å². The Kier molecular flexibility index (Phi) is 3.93. The fraction of sp³-hybridized carbons (Fsp3) is 0.588. The molecule has 140 valence electrons. The Bertz CT molecular complexity index is 837. The number of carboxylic acid groups (broad SMARTS) is 1. The SMILES string of the molecule is C[C@@]1(C(=O)[O-])CCC[C@@]2(C)c3c(cc([N+](=O)[O-])c([O-])c3[N+](=O)[O-])CC[C@H]12. The smallest absolute Gasteiger partial charge is 0.272 e. The fourth-order valence-electron chi connectivity index (χ4n) is 5.19. The van der Waals surface area contributed by atoms with E-state index in [1.165, 1.54) is 0 Å². The van der Waals surface area contributed by atoms with Gasteiger partial charge < -0.3 is 15.0 Å². The number of fused-ring (bicyclic) bond motifs is 3. The maximum absolute atomic E-state index is 12.4. The molecular formula is C17H18N2O7-2. The Morgan fingerprint density at radius 1 is 1.19 bits per heavy atom. The minimum Gasteiger partial charge on any atom is -0.863 e. The summed E-state index contributed by atoms with van der Waals surface area (Å²) in [6.45, 7) is 3.32. The zero-order valence-electron chi connectivity index (χ0n) is 14.4. The van der Waals surface area contributed by atoms with Gasteiger partial charge in [-0.15, -0.1) is 0 Å². The molecule has 3 rings (SSSR count). The van der Waals surface area contributed by atoms with Crippen LogP contribution in [0.25, 0.3) is 0 Å². The van der Waals surface area contributed by atoms with Crippen molar-refractivity contribution in [1.82, 2.24) is 0 Å². The highest BCUT2D eigenvalue weighted by Crippen LogP contribution is 2.60. The monoisotopic (exact) mass is 362 g/mol. The number of carboxylic acids is 1. The van der Waals surface area contributed by atoms with Crippen LogP contribution in [-0.2, 0) is 16.6 Å². The van der Waals surface area contributed by atoms with Gasteiger partial charge >= 0.3 is 0 Å². The van der Waals surface area contributed by atoms with Crippen molar-refractivity contribution >= 4 is 17.3 Å². The predicted octanol–water partition coefficient (Wildman–Crippen LogP) is 1.34. The summed E-state index contributed by atoms with van der Waals surface area (Å²) >= 11 is 0. The van der Waals surface area contributed by atoms with Gasteiger partial charge in [-0.05, 0) is 37.2 Å². The Morgan fingerprint density at radius 2 is 1.85 bits per heavy atom. The van der Waals surface area contributed by atoms with Gasteiger partial charge in [0.15, 0.2) is 0 Å². The van der Waals surface area contributed by atoms with E-state index in [1.54, 1.807) is 13.8 Å². The van der Waals surface area contributed by atoms with Crippen LogP contribution >= 0.6 is 0 Å². The molecule has 0 N–H and O–H groups in total. The van der Waals surface area contributed by atoms with Gasteiger partial charge in [0.1, 0.15) is 0 Å². The van der Waals surface area contributed by atoms with Crippen molar-refractivity contribution in [3.63, 3.8) is 0 Å². The second-order valence-corrected chi connectivity index (χ2v) is 7.69. The molecule has 0 heterocycles. The molecule has 0 unspecified atom stereocenters. The molecule has 0 spiro atoms. The maximum Gasteiger partial charge on any atom is 0.272 e. The van der Waals surface area contributed by atoms with Crippen LogP contribution in [0.1, 0.15) is 50.7 Å². The van der Waals surface area contributed by atoms with Crippen LogP contribution in [0.4, 0.5) is 11.4 Å². The third kappa shape index (κ3) is 2.26. The van der Waals surface area contributed by atoms with Crippen LogP contribution in [0.15, 0.2) is 6.07 Å². The lowest BCUT2D eigenvalue weighted by Crippen LogP contribution is -2.56. The summed E-state index contributed by atoms with van der Waals surface area (Å²) in [6, 6.07) is 1.12. The number of carbonyl (C=O) groups is 1. The molecule has 0 bridgehead atoms. The van der Waals surface area contributed by atoms with E-state index in [4.69, 9.17) is 0 Å². The van der Waals surface area contributed by atoms with Crippen molar-refractivity contribution in [2.75, 3.05) is 0 Å². The molecule has 26 heavy (non-hydrogen) atoms. The fourth-order valence-corrected chi connectivity index (χ4v) is 5.19. The summed E-state index contributed by atoms with van der Waals surface area (Å²) < 4.78 is 0. The highest BCUT2D eigenvalue weighted by Gasteiger charge is 2.55. The average Bonchev–Trinajstić information content (AvgIpc) is 2.53. The van der Waals surface area contributed by atoms with Gasteiger partial charge in [-0.3, -0.25) is 20.2 Å². The van der Waals surface area contributed by atoms with Gasteiger partial charge in [-0.1, -0.05) is 20.3 Å². The van der Waals surface area contributed by atoms with E-state index in [1.807, 2.05) is 0 Å². The van der Waals surface area contributed by atoms with E-state index in [2.05, 4.69) is 0 Å². The molecule has 1 saturated carbocycles. The van der Waals surface area contributed by atoms with Crippen molar-refractivity contribution in [3.05, 3.63) is 37.4 Å². The maximum atomic E-state index is 12.4. The van der Waals surface area contributed by atoms with Gasteiger partial charge in [0.05, 0.1) is 15.6 Å². The molecule has 1 aromatic rings. The van der Waals surface area contributed by atoms with Crippen molar-refractivity contribution in [3.8, 4) is 5.75 Å². The van der Waals surface area contributed by atoms with Crippen LogP contribution < -0.4 is 10.2 Å². The number of aliphatic carboxylic acids is 1. The van der Waals surface area contributed by atoms with E-state index in [0.29, 0.717) is 31.2 Å². The summed E-state index contributed by atoms with van der Waals surface area (Å²) in [4.78, 5) is 32.8. The van der Waals surface area contributed by atoms with E-state index < -0.39 is 49.7 Å². The lowest BCUT2D eigenvalue weighted by Gasteiger charge is -2.55. The normalized spacial score (nSPS) is 30.2. The number of aryl methyl sites for hydroxylation is 1. The van der Waals surface area contributed by atoms with Crippen LogP contribution in [-0.4, -0.2) is 15.8 Å². The molecule has 1 aromatic carbocycles. The van der Waals surface area contributed by atoms with Crippen LogP contribution in [0.2, 0.25) is 0 Å². The van der Waals surface area contributed by atoms with Crippen molar-refractivity contribution in [1.29, 1.82) is 0 Å². The van der Waals surface area contributed by atoms with E-state index in [-0.39, 0.29) is 12.0 Å². The number of nitro groups is 2. The molecule has 3 atom stereocenters. The number of hydrogen-bond acceptors (Lipinski definition) is 7. The first-order valence-electron chi connectivity index (χ1n) is 8.41. The lowest BCUT2D eigenvalue weighted by atomic mass is 9.49. The third-order valence-electron chi connectivity index (χ3n) is 6.37. The molecule has 0 radical (unpaired) electrons. The highest BCUT2D eigenvalue weighted by atomic mass is 16.6. The quantitative estimate of drug-likeness (QED) is 0.581. The number of benzene rings is 1. The number of carbonyl (C=O) groups excluding carboxylic acids is 1. The van der Waals surface area contributed by atoms with Gasteiger partial charge in [0, 0.05) is 28.4 Å². The molecule has 2 aliphatic carbocycles. The molecule has 0 aliphatic heterocycles. The molecule has 9 heteroatoms. The summed E-state index contributed by atoms with van der Waals surface area (Å²) in [6.07, 6.45) is 2.06. The second-order valence-electron chi connectivity index (χ2n) is 7.69. The number of nitro benzene ring substituents is 2. The van der Waals surface area contributed by atoms with Gasteiger partial charge in [0.2, 0.25) is 0 Å². The van der Waals surface area contributed by atoms with Gasteiger partial charge in [-0.2, -0.15) is 0 Å². The molecule has 2 aliphatic rings. The predicted molar refractivity (Wildman–Crippen MR) is 85.3 cm³/mol. The standard InChI is InChI=1S/C17H20N2O7/c1-16-6-3-7-17(2,15(21)22)11(16)5-4-9-8-10(18(23)24)14(20)13(12(9)16)19(25)26/h8,11,20H,3-7H2,1-2H3,(H,21,22)/p-2/t11-,16+,17+/m0/s1. The van der Waals surface area contributed by atoms with Crippen LogP contribution in [0.3, 0.4) is 0 Å². The summed E-state index contributed by atoms with van der Waals surface area (Å²) in [5.74, 6) is -2.87. The largest absolute Gasteiger partial charge is 0.863 e. The molecule has 9 nitrogen and oxygen atoms in total. The minimum atomic E-state index is -1.22. The minimum absolute atomic E-state index is 0.168. The van der Waals surface area contributed by atoms with Crippen LogP contribution in [0.5, 0.6) is 5.75 Å². The number of hydrogen-bond donors (Lipinski definition) is 0. The van der Waals surface area contributed by atoms with E-state index in [0.717, 1.165) is 6.07 Å². The number of nitrogens with zero attached hydrogens (tertiary/aromatic N) is 2. The third-order valence-corrected chi connectivity index (χ3v) is 6.37. The topological polar surface area (TPSA) is 149 Å². The summed E-state index contributed by atoms with van der Waals surface area (Å²) in [7, 11) is 0. The number of rotatable bonds is 3. The van der Waals surface area contributed by atoms with E-state index >= 15 is 0 Å². The Balaban J connectivity index is 2.31.